The number of hydrogen-bond acceptors (Lipinski definition) is 4. The van der Waals surface area contributed by atoms with Crippen LogP contribution in [0.25, 0.3) is 0 Å². The second-order valence-electron chi connectivity index (χ2n) is 4.57. The van der Waals surface area contributed by atoms with Gasteiger partial charge in [0.2, 0.25) is 0 Å². The Morgan fingerprint density at radius 1 is 1.29 bits per heavy atom. The maximum Gasteiger partial charge on any atom is 0.330 e. The van der Waals surface area contributed by atoms with E-state index in [1.54, 1.807) is 19.1 Å². The van der Waals surface area contributed by atoms with Gasteiger partial charge in [-0.3, -0.25) is 14.3 Å². The number of nitrogens with zero attached hydrogens (tertiary/aromatic N) is 1. The van der Waals surface area contributed by atoms with Gasteiger partial charge in [-0.05, 0) is 31.0 Å². The average Bonchev–Trinajstić information content (AvgIpc) is 2.44. The number of rotatable bonds is 5. The van der Waals surface area contributed by atoms with Crippen LogP contribution in [0, 0.1) is 5.82 Å². The molecule has 1 heterocycles. The van der Waals surface area contributed by atoms with Crippen molar-refractivity contribution >= 4 is 11.5 Å². The molecular weight excluding hydrogens is 275 g/mol. The van der Waals surface area contributed by atoms with Crippen molar-refractivity contribution in [3.05, 3.63) is 56.5 Å². The van der Waals surface area contributed by atoms with Crippen LogP contribution in [0.1, 0.15) is 12.5 Å². The van der Waals surface area contributed by atoms with Gasteiger partial charge in [-0.2, -0.15) is 0 Å². The van der Waals surface area contributed by atoms with Crippen molar-refractivity contribution in [2.45, 2.75) is 19.9 Å². The number of aromatic nitrogens is 2. The molecule has 0 spiro atoms. The van der Waals surface area contributed by atoms with Crippen molar-refractivity contribution in [2.75, 3.05) is 17.6 Å². The van der Waals surface area contributed by atoms with E-state index < -0.39 is 11.2 Å². The third-order valence-corrected chi connectivity index (χ3v) is 3.18. The van der Waals surface area contributed by atoms with Crippen LogP contribution >= 0.6 is 0 Å². The zero-order valence-corrected chi connectivity index (χ0v) is 11.6. The SMILES string of the molecule is CCn1c(N)c(NCCc2ccc(F)cc2)c(=O)[nH]c1=O. The van der Waals surface area contributed by atoms with Crippen molar-refractivity contribution in [1.29, 1.82) is 0 Å². The molecule has 0 aliphatic carbocycles. The van der Waals surface area contributed by atoms with Crippen LogP contribution in [0.4, 0.5) is 15.9 Å². The van der Waals surface area contributed by atoms with Crippen LogP contribution in [0.15, 0.2) is 33.9 Å². The van der Waals surface area contributed by atoms with Gasteiger partial charge in [-0.25, -0.2) is 9.18 Å². The van der Waals surface area contributed by atoms with Gasteiger partial charge in [0.25, 0.3) is 5.56 Å². The van der Waals surface area contributed by atoms with Gasteiger partial charge < -0.3 is 11.1 Å². The Balaban J connectivity index is 2.12. The Morgan fingerprint density at radius 3 is 2.57 bits per heavy atom. The molecule has 7 heteroatoms. The molecule has 4 N–H and O–H groups in total. The van der Waals surface area contributed by atoms with Crippen molar-refractivity contribution < 1.29 is 4.39 Å². The van der Waals surface area contributed by atoms with Crippen LogP contribution in [-0.2, 0) is 13.0 Å². The molecule has 0 fully saturated rings. The fraction of sp³-hybridized carbons (Fsp3) is 0.286. The number of anilines is 2. The molecule has 0 unspecified atom stereocenters. The molecule has 1 aromatic carbocycles. The highest BCUT2D eigenvalue weighted by atomic mass is 19.1. The molecule has 0 radical (unpaired) electrons. The van der Waals surface area contributed by atoms with Crippen molar-refractivity contribution in [2.24, 2.45) is 0 Å². The molecule has 0 atom stereocenters. The lowest BCUT2D eigenvalue weighted by atomic mass is 10.1. The normalized spacial score (nSPS) is 10.6. The Labute approximate surface area is 120 Å². The monoisotopic (exact) mass is 292 g/mol. The first-order valence-electron chi connectivity index (χ1n) is 6.63. The summed E-state index contributed by atoms with van der Waals surface area (Å²) in [6.07, 6.45) is 0.602. The first-order valence-corrected chi connectivity index (χ1v) is 6.63. The number of benzene rings is 1. The molecule has 0 aliphatic heterocycles. The lowest BCUT2D eigenvalue weighted by molar-refractivity contribution is 0.627. The van der Waals surface area contributed by atoms with E-state index in [0.29, 0.717) is 19.5 Å². The Morgan fingerprint density at radius 2 is 1.95 bits per heavy atom. The summed E-state index contributed by atoms with van der Waals surface area (Å²) < 4.78 is 14.1. The third-order valence-electron chi connectivity index (χ3n) is 3.18. The summed E-state index contributed by atoms with van der Waals surface area (Å²) in [7, 11) is 0. The van der Waals surface area contributed by atoms with Gasteiger partial charge in [0.1, 0.15) is 17.3 Å². The van der Waals surface area contributed by atoms with E-state index in [1.165, 1.54) is 16.7 Å². The first kappa shape index (κ1) is 14.8. The second-order valence-corrected chi connectivity index (χ2v) is 4.57. The molecule has 0 amide bonds. The topological polar surface area (TPSA) is 92.9 Å². The van der Waals surface area contributed by atoms with E-state index in [1.807, 2.05) is 0 Å². The first-order chi connectivity index (χ1) is 10.0. The Bertz CT molecular complexity index is 734. The summed E-state index contributed by atoms with van der Waals surface area (Å²) in [5.74, 6) is -0.173. The number of aromatic amines is 1. The fourth-order valence-electron chi connectivity index (χ4n) is 2.06. The highest BCUT2D eigenvalue weighted by Gasteiger charge is 2.10. The molecule has 1 aromatic heterocycles. The largest absolute Gasteiger partial charge is 0.383 e. The van der Waals surface area contributed by atoms with E-state index in [0.717, 1.165) is 5.56 Å². The van der Waals surface area contributed by atoms with Gasteiger partial charge in [0.05, 0.1) is 0 Å². The quantitative estimate of drug-likeness (QED) is 0.764. The standard InChI is InChI=1S/C14H17FN4O2/c1-2-19-12(16)11(13(20)18-14(19)21)17-8-7-9-3-5-10(15)6-4-9/h3-6,17H,2,7-8,16H2,1H3,(H,18,20,21). The van der Waals surface area contributed by atoms with Crippen LogP contribution in [-0.4, -0.2) is 16.1 Å². The minimum atomic E-state index is -0.540. The van der Waals surface area contributed by atoms with Gasteiger partial charge in [-0.15, -0.1) is 0 Å². The number of H-pyrrole nitrogens is 1. The van der Waals surface area contributed by atoms with E-state index in [4.69, 9.17) is 5.73 Å². The molecule has 112 valence electrons. The highest BCUT2D eigenvalue weighted by molar-refractivity contribution is 5.60. The fourth-order valence-corrected chi connectivity index (χ4v) is 2.06. The molecule has 21 heavy (non-hydrogen) atoms. The van der Waals surface area contributed by atoms with Crippen molar-refractivity contribution in [3.63, 3.8) is 0 Å². The van der Waals surface area contributed by atoms with Crippen LogP contribution < -0.4 is 22.3 Å². The van der Waals surface area contributed by atoms with Gasteiger partial charge in [0.15, 0.2) is 0 Å². The lowest BCUT2D eigenvalue weighted by Crippen LogP contribution is -2.34. The maximum atomic E-state index is 12.8. The van der Waals surface area contributed by atoms with Gasteiger partial charge in [-0.1, -0.05) is 12.1 Å². The van der Waals surface area contributed by atoms with Crippen molar-refractivity contribution in [3.8, 4) is 0 Å². The molecule has 2 rings (SSSR count). The van der Waals surface area contributed by atoms with E-state index >= 15 is 0 Å². The zero-order valence-electron chi connectivity index (χ0n) is 11.6. The number of hydrogen-bond donors (Lipinski definition) is 3. The third kappa shape index (κ3) is 3.31. The predicted octanol–water partition coefficient (Wildman–Crippen LogP) is 0.932. The number of nitrogens with two attached hydrogens (primary N) is 1. The molecule has 2 aromatic rings. The molecule has 0 saturated carbocycles. The zero-order chi connectivity index (χ0) is 15.4. The number of nitrogens with one attached hydrogen (secondary N) is 2. The summed E-state index contributed by atoms with van der Waals surface area (Å²) in [6, 6.07) is 6.12. The molecular formula is C14H17FN4O2. The van der Waals surface area contributed by atoms with E-state index in [-0.39, 0.29) is 17.3 Å². The Hall–Kier alpha value is -2.57. The minimum Gasteiger partial charge on any atom is -0.383 e. The van der Waals surface area contributed by atoms with Crippen LogP contribution in [0.2, 0.25) is 0 Å². The number of halogens is 1. The summed E-state index contributed by atoms with van der Waals surface area (Å²) in [5.41, 5.74) is 5.87. The molecule has 0 saturated heterocycles. The predicted molar refractivity (Wildman–Crippen MR) is 80.0 cm³/mol. The van der Waals surface area contributed by atoms with Gasteiger partial charge in [0, 0.05) is 13.1 Å². The second kappa shape index (κ2) is 6.25. The summed E-state index contributed by atoms with van der Waals surface area (Å²) in [5, 5.41) is 2.92. The molecule has 6 nitrogen and oxygen atoms in total. The van der Waals surface area contributed by atoms with Gasteiger partial charge >= 0.3 is 5.69 Å². The van der Waals surface area contributed by atoms with Crippen molar-refractivity contribution in [1.82, 2.24) is 9.55 Å². The summed E-state index contributed by atoms with van der Waals surface area (Å²) in [6.45, 7) is 2.58. The minimum absolute atomic E-state index is 0.116. The van der Waals surface area contributed by atoms with E-state index in [9.17, 15) is 14.0 Å². The Kier molecular flexibility index (Phi) is 4.42. The van der Waals surface area contributed by atoms with E-state index in [2.05, 4.69) is 10.3 Å². The summed E-state index contributed by atoms with van der Waals surface area (Å²) in [4.78, 5) is 25.5. The lowest BCUT2D eigenvalue weighted by Gasteiger charge is -2.12. The average molecular weight is 292 g/mol. The smallest absolute Gasteiger partial charge is 0.330 e. The summed E-state index contributed by atoms with van der Waals surface area (Å²) >= 11 is 0. The molecule has 0 bridgehead atoms. The van der Waals surface area contributed by atoms with Crippen LogP contribution in [0.3, 0.4) is 0 Å². The van der Waals surface area contributed by atoms with Crippen LogP contribution in [0.5, 0.6) is 0 Å². The highest BCUT2D eigenvalue weighted by Crippen LogP contribution is 2.10. The maximum absolute atomic E-state index is 12.8. The number of nitrogen functional groups attached to an aromatic ring is 1. The molecule has 0 aliphatic rings.